The van der Waals surface area contributed by atoms with Crippen LogP contribution >= 0.6 is 0 Å². The molecule has 0 aliphatic carbocycles. The monoisotopic (exact) mass is 281 g/mol. The Labute approximate surface area is 113 Å². The molecule has 0 unspecified atom stereocenters. The Morgan fingerprint density at radius 1 is 1.40 bits per heavy atom. The molecule has 0 radical (unpaired) electrons. The first-order valence-corrected chi connectivity index (χ1v) is 5.98. The van der Waals surface area contributed by atoms with Gasteiger partial charge in [-0.1, -0.05) is 5.21 Å². The number of ether oxygens (including phenoxy) is 1. The molecule has 0 bridgehead atoms. The molecule has 0 aromatic carbocycles. The van der Waals surface area contributed by atoms with Gasteiger partial charge in [-0.25, -0.2) is 9.48 Å². The summed E-state index contributed by atoms with van der Waals surface area (Å²) in [4.78, 5) is 25.1. The Balaban J connectivity index is 2.09. The lowest BCUT2D eigenvalue weighted by molar-refractivity contribution is 0.0409. The van der Waals surface area contributed by atoms with Crippen molar-refractivity contribution in [3.63, 3.8) is 0 Å². The van der Waals surface area contributed by atoms with Crippen molar-refractivity contribution in [2.75, 3.05) is 13.2 Å². The van der Waals surface area contributed by atoms with Gasteiger partial charge in [0, 0.05) is 11.8 Å². The van der Waals surface area contributed by atoms with E-state index in [-0.39, 0.29) is 26.5 Å². The average Bonchev–Trinajstić information content (AvgIpc) is 2.84. The molecule has 0 aliphatic rings. The third kappa shape index (κ3) is 3.39. The van der Waals surface area contributed by atoms with Gasteiger partial charge >= 0.3 is 5.69 Å². The molecule has 0 saturated carbocycles. The maximum atomic E-state index is 11.6. The first-order valence-electron chi connectivity index (χ1n) is 5.98. The van der Waals surface area contributed by atoms with Crippen LogP contribution in [0.15, 0.2) is 22.0 Å². The zero-order valence-electron chi connectivity index (χ0n) is 10.9. The van der Waals surface area contributed by atoms with E-state index in [1.807, 2.05) is 0 Å². The predicted octanol–water partition coefficient (Wildman–Crippen LogP) is -1.55. The largest absolute Gasteiger partial charge is 0.394 e. The van der Waals surface area contributed by atoms with E-state index in [2.05, 4.69) is 15.3 Å². The second-order valence-electron chi connectivity index (χ2n) is 4.21. The third-order valence-corrected chi connectivity index (χ3v) is 2.57. The first kappa shape index (κ1) is 14.2. The van der Waals surface area contributed by atoms with Gasteiger partial charge in [-0.15, -0.1) is 5.10 Å². The molecule has 2 aromatic heterocycles. The Hall–Kier alpha value is -2.26. The average molecular weight is 281 g/mol. The number of aromatic nitrogens is 5. The molecule has 0 spiro atoms. The fraction of sp³-hybridized carbons (Fsp3) is 0.455. The third-order valence-electron chi connectivity index (χ3n) is 2.57. The number of nitrogens with zero attached hydrogens (tertiary/aromatic N) is 4. The Morgan fingerprint density at radius 2 is 2.20 bits per heavy atom. The van der Waals surface area contributed by atoms with Gasteiger partial charge in [-0.2, -0.15) is 0 Å². The van der Waals surface area contributed by atoms with Crippen molar-refractivity contribution in [2.45, 2.75) is 20.2 Å². The minimum absolute atomic E-state index is 0.0619. The van der Waals surface area contributed by atoms with E-state index in [4.69, 9.17) is 9.84 Å². The van der Waals surface area contributed by atoms with Crippen LogP contribution < -0.4 is 11.2 Å². The summed E-state index contributed by atoms with van der Waals surface area (Å²) in [6.45, 7) is 2.15. The van der Waals surface area contributed by atoms with E-state index < -0.39 is 11.2 Å². The highest BCUT2D eigenvalue weighted by atomic mass is 16.5. The molecular weight excluding hydrogens is 266 g/mol. The van der Waals surface area contributed by atoms with E-state index >= 15 is 0 Å². The van der Waals surface area contributed by atoms with Gasteiger partial charge in [0.2, 0.25) is 0 Å². The number of hydrogen-bond acceptors (Lipinski definition) is 6. The lowest BCUT2D eigenvalue weighted by Gasteiger charge is -2.02. The van der Waals surface area contributed by atoms with Crippen LogP contribution in [0.2, 0.25) is 0 Å². The fourth-order valence-electron chi connectivity index (χ4n) is 1.61. The van der Waals surface area contributed by atoms with Crippen molar-refractivity contribution in [3.05, 3.63) is 44.5 Å². The van der Waals surface area contributed by atoms with Gasteiger partial charge in [-0.05, 0) is 6.92 Å². The summed E-state index contributed by atoms with van der Waals surface area (Å²) in [6.07, 6.45) is 3.10. The predicted molar refractivity (Wildman–Crippen MR) is 68.2 cm³/mol. The molecule has 0 aliphatic heterocycles. The van der Waals surface area contributed by atoms with Crippen LogP contribution in [0, 0.1) is 6.92 Å². The lowest BCUT2D eigenvalue weighted by Crippen LogP contribution is -2.31. The maximum absolute atomic E-state index is 11.6. The van der Waals surface area contributed by atoms with Crippen molar-refractivity contribution < 1.29 is 9.84 Å². The maximum Gasteiger partial charge on any atom is 0.328 e. The number of nitrogens with one attached hydrogen (secondary N) is 1. The highest BCUT2D eigenvalue weighted by molar-refractivity contribution is 5.03. The molecule has 2 heterocycles. The molecule has 0 amide bonds. The van der Waals surface area contributed by atoms with E-state index in [9.17, 15) is 9.59 Å². The highest BCUT2D eigenvalue weighted by Crippen LogP contribution is 1.96. The summed E-state index contributed by atoms with van der Waals surface area (Å²) in [6, 6.07) is 0. The number of aliphatic hydroxyl groups is 1. The number of H-pyrrole nitrogens is 1. The standard InChI is InChI=1S/C11H15N5O4/c1-8-4-15(11(19)12-10(8)18)5-9-6-16(14-13-9)7-20-3-2-17/h4,6,17H,2-3,5,7H2,1H3,(H,12,18,19). The number of aromatic amines is 1. The summed E-state index contributed by atoms with van der Waals surface area (Å²) in [7, 11) is 0. The molecule has 20 heavy (non-hydrogen) atoms. The van der Waals surface area contributed by atoms with Crippen LogP contribution in [0.5, 0.6) is 0 Å². The normalized spacial score (nSPS) is 10.9. The Kier molecular flexibility index (Phi) is 4.43. The van der Waals surface area contributed by atoms with Gasteiger partial charge in [0.1, 0.15) is 12.4 Å². The van der Waals surface area contributed by atoms with Crippen LogP contribution in [-0.2, 0) is 18.0 Å². The second-order valence-corrected chi connectivity index (χ2v) is 4.21. The molecule has 9 nitrogen and oxygen atoms in total. The number of hydrogen-bond donors (Lipinski definition) is 2. The zero-order valence-corrected chi connectivity index (χ0v) is 10.9. The van der Waals surface area contributed by atoms with Crippen LogP contribution in [0.3, 0.4) is 0 Å². The van der Waals surface area contributed by atoms with Gasteiger partial charge in [0.15, 0.2) is 0 Å². The minimum Gasteiger partial charge on any atom is -0.394 e. The van der Waals surface area contributed by atoms with Crippen LogP contribution in [0.1, 0.15) is 11.3 Å². The van der Waals surface area contributed by atoms with Gasteiger partial charge in [-0.3, -0.25) is 14.3 Å². The van der Waals surface area contributed by atoms with Gasteiger partial charge < -0.3 is 9.84 Å². The summed E-state index contributed by atoms with van der Waals surface area (Å²) in [5, 5.41) is 16.3. The molecule has 9 heteroatoms. The molecule has 2 aromatic rings. The number of rotatable bonds is 6. The van der Waals surface area contributed by atoms with Crippen LogP contribution in [0.25, 0.3) is 0 Å². The molecule has 2 N–H and O–H groups in total. The van der Waals surface area contributed by atoms with Gasteiger partial charge in [0.05, 0.1) is 26.0 Å². The van der Waals surface area contributed by atoms with Crippen LogP contribution in [-0.4, -0.2) is 42.9 Å². The number of aryl methyl sites for hydroxylation is 1. The SMILES string of the molecule is Cc1cn(Cc2cn(COCCO)nn2)c(=O)[nH]c1=O. The van der Waals surface area contributed by atoms with Gasteiger partial charge in [0.25, 0.3) is 5.56 Å². The quantitative estimate of drug-likeness (QED) is 0.619. The summed E-state index contributed by atoms with van der Waals surface area (Å²) in [5.41, 5.74) is 0.119. The van der Waals surface area contributed by atoms with E-state index in [1.54, 1.807) is 13.1 Å². The molecule has 0 fully saturated rings. The number of aliphatic hydroxyl groups excluding tert-OH is 1. The molecular formula is C11H15N5O4. The van der Waals surface area contributed by atoms with Crippen molar-refractivity contribution in [2.24, 2.45) is 0 Å². The Morgan fingerprint density at radius 3 is 2.95 bits per heavy atom. The summed E-state index contributed by atoms with van der Waals surface area (Å²) in [5.74, 6) is 0. The van der Waals surface area contributed by atoms with E-state index in [0.29, 0.717) is 11.3 Å². The van der Waals surface area contributed by atoms with E-state index in [0.717, 1.165) is 0 Å². The molecule has 0 atom stereocenters. The van der Waals surface area contributed by atoms with E-state index in [1.165, 1.54) is 15.4 Å². The van der Waals surface area contributed by atoms with Crippen LogP contribution in [0.4, 0.5) is 0 Å². The highest BCUT2D eigenvalue weighted by Gasteiger charge is 2.05. The van der Waals surface area contributed by atoms with Crippen molar-refractivity contribution in [3.8, 4) is 0 Å². The molecule has 2 rings (SSSR count). The van der Waals surface area contributed by atoms with Crippen molar-refractivity contribution in [1.82, 2.24) is 24.5 Å². The van der Waals surface area contributed by atoms with Crippen molar-refractivity contribution in [1.29, 1.82) is 0 Å². The Bertz CT molecular complexity index is 687. The fourth-order valence-corrected chi connectivity index (χ4v) is 1.61. The summed E-state index contributed by atoms with van der Waals surface area (Å²) < 4.78 is 7.89. The lowest BCUT2D eigenvalue weighted by atomic mass is 10.4. The topological polar surface area (TPSA) is 115 Å². The second kappa shape index (κ2) is 6.26. The summed E-state index contributed by atoms with van der Waals surface area (Å²) >= 11 is 0. The zero-order chi connectivity index (χ0) is 14.5. The molecule has 0 saturated heterocycles. The van der Waals surface area contributed by atoms with Crippen molar-refractivity contribution >= 4 is 0 Å². The molecule has 108 valence electrons. The smallest absolute Gasteiger partial charge is 0.328 e. The minimum atomic E-state index is -0.494. The first-order chi connectivity index (χ1) is 9.60.